The second kappa shape index (κ2) is 72.2. The number of hydrogen-bond acceptors (Lipinski definition) is 7. The van der Waals surface area contributed by atoms with Crippen molar-refractivity contribution in [2.75, 3.05) is 47.5 Å². The Bertz CT molecular complexity index is 1670. The van der Waals surface area contributed by atoms with Gasteiger partial charge in [-0.15, -0.1) is 0 Å². The molecular weight excluding hydrogens is 1150 g/mol. The van der Waals surface area contributed by atoms with Crippen LogP contribution in [0.15, 0.2) is 48.6 Å². The van der Waals surface area contributed by atoms with Crippen LogP contribution in [0.4, 0.5) is 0 Å². The fourth-order valence-electron chi connectivity index (χ4n) is 12.1. The predicted octanol–water partition coefficient (Wildman–Crippen LogP) is 26.3. The second-order valence-corrected chi connectivity index (χ2v) is 29.9. The van der Waals surface area contributed by atoms with Gasteiger partial charge >= 0.3 is 19.8 Å². The van der Waals surface area contributed by atoms with Gasteiger partial charge in [0.25, 0.3) is 0 Å². The van der Waals surface area contributed by atoms with Crippen molar-refractivity contribution in [2.45, 2.75) is 412 Å². The van der Waals surface area contributed by atoms with Gasteiger partial charge in [0.2, 0.25) is 0 Å². The lowest BCUT2D eigenvalue weighted by atomic mass is 10.0. The Morgan fingerprint density at radius 1 is 0.352 bits per heavy atom. The molecule has 0 rings (SSSR count). The van der Waals surface area contributed by atoms with Crippen LogP contribution in [0.25, 0.3) is 0 Å². The van der Waals surface area contributed by atoms with E-state index < -0.39 is 26.5 Å². The van der Waals surface area contributed by atoms with E-state index in [-0.39, 0.29) is 25.6 Å². The molecule has 1 N–H and O–H groups in total. The van der Waals surface area contributed by atoms with Gasteiger partial charge in [0.1, 0.15) is 19.8 Å². The molecule has 0 amide bonds. The van der Waals surface area contributed by atoms with Crippen LogP contribution in [0.1, 0.15) is 406 Å². The Hall–Kier alpha value is -2.03. The minimum Gasteiger partial charge on any atom is -0.462 e. The number of phosphoric ester groups is 1. The van der Waals surface area contributed by atoms with Gasteiger partial charge in [-0.1, -0.05) is 390 Å². The van der Waals surface area contributed by atoms with Gasteiger partial charge in [-0.25, -0.2) is 4.57 Å². The molecule has 0 aliphatic carbocycles. The first-order chi connectivity index (χ1) is 44.5. The predicted molar refractivity (Wildman–Crippen MR) is 395 cm³/mol. The number of quaternary nitrogens is 1. The van der Waals surface area contributed by atoms with Crippen LogP contribution in [0, 0.1) is 0 Å². The summed E-state index contributed by atoms with van der Waals surface area (Å²) >= 11 is 0. The number of rotatable bonds is 75. The average Bonchev–Trinajstić information content (AvgIpc) is 3.74. The highest BCUT2D eigenvalue weighted by Gasteiger charge is 2.27. The molecule has 0 fully saturated rings. The maximum absolute atomic E-state index is 12.9. The van der Waals surface area contributed by atoms with Crippen LogP contribution in [0.2, 0.25) is 0 Å². The van der Waals surface area contributed by atoms with Crippen LogP contribution in [0.3, 0.4) is 0 Å². The van der Waals surface area contributed by atoms with E-state index in [2.05, 4.69) is 62.5 Å². The SMILES string of the molecule is CC/C=C\C/C=C\C/C=C\C/C=C\CCCCCCCCCCCCCCCCCCC(=O)OC(COC(=O)CCCCCCCCCCCCCCCCCCCCCCCCCCCCCCCCCCCCCCCC)COP(=O)(O)OCC[N+](C)(C)C. The summed E-state index contributed by atoms with van der Waals surface area (Å²) in [5, 5.41) is 0. The monoisotopic (exact) mass is 1300 g/mol. The van der Waals surface area contributed by atoms with Crippen LogP contribution < -0.4 is 0 Å². The van der Waals surface area contributed by atoms with Gasteiger partial charge in [0.05, 0.1) is 27.7 Å². The van der Waals surface area contributed by atoms with Gasteiger partial charge in [0, 0.05) is 12.8 Å². The first kappa shape index (κ1) is 89.0. The number of ether oxygens (including phenoxy) is 2. The lowest BCUT2D eigenvalue weighted by Crippen LogP contribution is -2.37. The molecule has 0 heterocycles. The standard InChI is InChI=1S/C81H154NO8P/c1-6-8-10-12-14-16-18-20-22-24-26-28-30-32-34-36-37-38-39-40-41-42-43-44-46-47-49-51-53-55-57-59-61-63-65-67-69-71-73-80(83)87-77-79(78-89-91(85,86)88-76-75-82(3,4)5)90-81(84)74-72-70-68-66-64-62-60-58-56-54-52-50-48-45-35-33-31-29-27-25-23-21-19-17-15-13-11-9-7-2/h9,11,15,17,21,23,27,29,79H,6-8,10,12-14,16,18-20,22,24-26,28,30-78H2,1-5H3/p+1/b11-9-,17-15-,23-21-,29-27-. The topological polar surface area (TPSA) is 108 Å². The van der Waals surface area contributed by atoms with Gasteiger partial charge in [-0.2, -0.15) is 0 Å². The molecule has 0 saturated carbocycles. The Morgan fingerprint density at radius 3 is 0.934 bits per heavy atom. The third-order valence-electron chi connectivity index (χ3n) is 18.1. The summed E-state index contributed by atoms with van der Waals surface area (Å²) in [4.78, 5) is 36.0. The number of nitrogens with zero attached hydrogens (tertiary/aromatic N) is 1. The molecule has 10 heteroatoms. The Kier molecular flexibility index (Phi) is 70.6. The van der Waals surface area contributed by atoms with Crippen LogP contribution in [-0.2, 0) is 32.7 Å². The Balaban J connectivity index is 3.89. The molecule has 536 valence electrons. The number of carbonyl (C=O) groups excluding carboxylic acids is 2. The molecule has 0 aliphatic heterocycles. The normalized spacial score (nSPS) is 13.3. The fraction of sp³-hybridized carbons (Fsp3) is 0.877. The summed E-state index contributed by atoms with van der Waals surface area (Å²) in [5.41, 5.74) is 0. The van der Waals surface area contributed by atoms with Gasteiger partial charge < -0.3 is 18.9 Å². The molecule has 91 heavy (non-hydrogen) atoms. The van der Waals surface area contributed by atoms with Crippen LogP contribution in [0.5, 0.6) is 0 Å². The molecule has 0 saturated heterocycles. The zero-order valence-electron chi connectivity index (χ0n) is 61.4. The zero-order valence-corrected chi connectivity index (χ0v) is 62.3. The van der Waals surface area contributed by atoms with E-state index in [1.165, 1.54) is 315 Å². The largest absolute Gasteiger partial charge is 0.472 e. The summed E-state index contributed by atoms with van der Waals surface area (Å²) in [6.07, 6.45) is 95.6. The molecule has 0 radical (unpaired) electrons. The van der Waals surface area contributed by atoms with Crippen molar-refractivity contribution in [1.29, 1.82) is 0 Å². The fourth-order valence-corrected chi connectivity index (χ4v) is 12.8. The van der Waals surface area contributed by atoms with Crippen molar-refractivity contribution in [1.82, 2.24) is 0 Å². The van der Waals surface area contributed by atoms with Crippen molar-refractivity contribution in [2.24, 2.45) is 0 Å². The molecule has 0 aromatic rings. The third-order valence-corrected chi connectivity index (χ3v) is 19.1. The van der Waals surface area contributed by atoms with Crippen molar-refractivity contribution in [3.8, 4) is 0 Å². The molecule has 0 aromatic carbocycles. The van der Waals surface area contributed by atoms with E-state index in [4.69, 9.17) is 18.5 Å². The molecular formula is C81H155NO8P+. The molecule has 0 spiro atoms. The number of hydrogen-bond donors (Lipinski definition) is 1. The van der Waals surface area contributed by atoms with E-state index in [1.807, 2.05) is 21.1 Å². The first-order valence-electron chi connectivity index (χ1n) is 39.9. The minimum absolute atomic E-state index is 0.0338. The van der Waals surface area contributed by atoms with E-state index in [1.54, 1.807) is 0 Å². The van der Waals surface area contributed by atoms with Crippen molar-refractivity contribution in [3.05, 3.63) is 48.6 Å². The van der Waals surface area contributed by atoms with E-state index in [9.17, 15) is 19.0 Å². The summed E-state index contributed by atoms with van der Waals surface area (Å²) in [6.45, 7) is 4.40. The summed E-state index contributed by atoms with van der Waals surface area (Å²) in [7, 11) is 1.50. The highest BCUT2D eigenvalue weighted by Crippen LogP contribution is 2.43. The van der Waals surface area contributed by atoms with Gasteiger partial charge in [-0.3, -0.25) is 18.6 Å². The summed E-state index contributed by atoms with van der Waals surface area (Å²) in [6, 6.07) is 0. The second-order valence-electron chi connectivity index (χ2n) is 28.4. The maximum atomic E-state index is 12.9. The smallest absolute Gasteiger partial charge is 0.462 e. The highest BCUT2D eigenvalue weighted by atomic mass is 31.2. The van der Waals surface area contributed by atoms with Crippen molar-refractivity contribution in [3.63, 3.8) is 0 Å². The zero-order chi connectivity index (χ0) is 66.2. The molecule has 9 nitrogen and oxygen atoms in total. The Labute approximate surface area is 566 Å². The molecule has 0 aromatic heterocycles. The van der Waals surface area contributed by atoms with Crippen molar-refractivity contribution >= 4 is 19.8 Å². The number of esters is 2. The molecule has 0 bridgehead atoms. The highest BCUT2D eigenvalue weighted by molar-refractivity contribution is 7.47. The number of phosphoric acid groups is 1. The molecule has 2 unspecified atom stereocenters. The lowest BCUT2D eigenvalue weighted by molar-refractivity contribution is -0.870. The van der Waals surface area contributed by atoms with Crippen molar-refractivity contribution < 1.29 is 42.1 Å². The lowest BCUT2D eigenvalue weighted by Gasteiger charge is -2.24. The average molecular weight is 1300 g/mol. The molecule has 0 aliphatic rings. The van der Waals surface area contributed by atoms with E-state index >= 15 is 0 Å². The number of allylic oxidation sites excluding steroid dienone is 8. The third kappa shape index (κ3) is 76.9. The quantitative estimate of drug-likeness (QED) is 0.0211. The van der Waals surface area contributed by atoms with E-state index in [0.29, 0.717) is 23.9 Å². The van der Waals surface area contributed by atoms with Gasteiger partial charge in [0.15, 0.2) is 6.10 Å². The van der Waals surface area contributed by atoms with Crippen LogP contribution in [-0.4, -0.2) is 74.9 Å². The summed E-state index contributed by atoms with van der Waals surface area (Å²) in [5.74, 6) is -0.775. The van der Waals surface area contributed by atoms with Gasteiger partial charge in [-0.05, 0) is 51.4 Å². The minimum atomic E-state index is -4.39. The van der Waals surface area contributed by atoms with E-state index in [0.717, 1.165) is 57.8 Å². The number of unbranched alkanes of at least 4 members (excludes halogenated alkanes) is 53. The molecule has 2 atom stereocenters. The first-order valence-corrected chi connectivity index (χ1v) is 41.4. The number of likely N-dealkylation sites (N-methyl/N-ethyl adjacent to an activating group) is 1. The summed E-state index contributed by atoms with van der Waals surface area (Å²) < 4.78 is 34.8. The Morgan fingerprint density at radius 2 is 0.626 bits per heavy atom. The van der Waals surface area contributed by atoms with Crippen LogP contribution >= 0.6 is 7.82 Å². The number of carbonyl (C=O) groups is 2. The maximum Gasteiger partial charge on any atom is 0.472 e.